The Morgan fingerprint density at radius 1 is 1.11 bits per heavy atom. The third-order valence-electron chi connectivity index (χ3n) is 2.08. The van der Waals surface area contributed by atoms with E-state index in [2.05, 4.69) is 8.92 Å². The van der Waals surface area contributed by atoms with Crippen LogP contribution in [-0.4, -0.2) is 39.7 Å². The number of ether oxygens (including phenoxy) is 1. The molecule has 0 bridgehead atoms. The van der Waals surface area contributed by atoms with Gasteiger partial charge in [0.25, 0.3) is 10.1 Å². The Morgan fingerprint density at radius 2 is 1.67 bits per heavy atom. The number of rotatable bonds is 4. The predicted molar refractivity (Wildman–Crippen MR) is 58.9 cm³/mol. The minimum Gasteiger partial charge on any atom is -0.478 e. The number of esters is 1. The van der Waals surface area contributed by atoms with Crippen LogP contribution in [0.1, 0.15) is 20.7 Å². The van der Waals surface area contributed by atoms with Gasteiger partial charge in [0.15, 0.2) is 0 Å². The molecule has 0 aliphatic rings. The highest BCUT2D eigenvalue weighted by molar-refractivity contribution is 7.86. The van der Waals surface area contributed by atoms with Gasteiger partial charge in [-0.3, -0.25) is 4.18 Å². The zero-order valence-corrected chi connectivity index (χ0v) is 10.4. The summed E-state index contributed by atoms with van der Waals surface area (Å²) < 4.78 is 31.6. The van der Waals surface area contributed by atoms with Crippen molar-refractivity contribution in [2.45, 2.75) is 4.90 Å². The standard InChI is InChI=1S/C10H10O7S/c1-16-10(13)7-3-6(9(11)12)4-8(5-7)18(14,15)17-2/h3-5H,1-2H3,(H,11,12). The number of aromatic carboxylic acids is 1. The van der Waals surface area contributed by atoms with Crippen LogP contribution < -0.4 is 0 Å². The first-order valence-corrected chi connectivity index (χ1v) is 6.00. The van der Waals surface area contributed by atoms with Crippen LogP contribution >= 0.6 is 0 Å². The molecule has 1 N–H and O–H groups in total. The van der Waals surface area contributed by atoms with Gasteiger partial charge in [-0.2, -0.15) is 8.42 Å². The Balaban J connectivity index is 3.50. The molecule has 0 saturated heterocycles. The Kier molecular flexibility index (Phi) is 4.04. The predicted octanol–water partition coefficient (Wildman–Crippen LogP) is 0.506. The molecule has 0 aliphatic heterocycles. The van der Waals surface area contributed by atoms with Crippen LogP contribution in [0.5, 0.6) is 0 Å². The van der Waals surface area contributed by atoms with Gasteiger partial charge < -0.3 is 9.84 Å². The number of carboxylic acids is 1. The number of hydrogen-bond acceptors (Lipinski definition) is 6. The van der Waals surface area contributed by atoms with Gasteiger partial charge in [-0.25, -0.2) is 9.59 Å². The van der Waals surface area contributed by atoms with Gasteiger partial charge in [0.1, 0.15) is 0 Å². The van der Waals surface area contributed by atoms with Crippen LogP contribution in [-0.2, 0) is 19.0 Å². The van der Waals surface area contributed by atoms with Crippen molar-refractivity contribution >= 4 is 22.1 Å². The molecule has 0 fully saturated rings. The molecule has 18 heavy (non-hydrogen) atoms. The zero-order valence-electron chi connectivity index (χ0n) is 9.54. The first-order chi connectivity index (χ1) is 8.31. The lowest BCUT2D eigenvalue weighted by Gasteiger charge is -2.06. The summed E-state index contributed by atoms with van der Waals surface area (Å²) in [6, 6.07) is 2.90. The van der Waals surface area contributed by atoms with Gasteiger partial charge in [0, 0.05) is 0 Å². The summed E-state index contributed by atoms with van der Waals surface area (Å²) >= 11 is 0. The fraction of sp³-hybridized carbons (Fsp3) is 0.200. The molecule has 1 rings (SSSR count). The number of carbonyl (C=O) groups excluding carboxylic acids is 1. The highest BCUT2D eigenvalue weighted by atomic mass is 32.2. The lowest BCUT2D eigenvalue weighted by Crippen LogP contribution is -2.10. The fourth-order valence-corrected chi connectivity index (χ4v) is 1.93. The average Bonchev–Trinajstić information content (AvgIpc) is 2.37. The number of hydrogen-bond donors (Lipinski definition) is 1. The van der Waals surface area contributed by atoms with Crippen molar-refractivity contribution in [2.75, 3.05) is 14.2 Å². The zero-order chi connectivity index (χ0) is 13.9. The molecule has 1 aromatic carbocycles. The molecule has 0 unspecified atom stereocenters. The van der Waals surface area contributed by atoms with Crippen molar-refractivity contribution in [3.63, 3.8) is 0 Å². The van der Waals surface area contributed by atoms with Gasteiger partial charge in [-0.1, -0.05) is 0 Å². The minimum atomic E-state index is -4.09. The van der Waals surface area contributed by atoms with Gasteiger partial charge in [0.2, 0.25) is 0 Å². The molecular weight excluding hydrogens is 264 g/mol. The average molecular weight is 274 g/mol. The Bertz CT molecular complexity index is 588. The third-order valence-corrected chi connectivity index (χ3v) is 3.33. The summed E-state index contributed by atoms with van der Waals surface area (Å²) in [4.78, 5) is 21.7. The second-order valence-electron chi connectivity index (χ2n) is 3.16. The first kappa shape index (κ1) is 14.1. The molecule has 0 atom stereocenters. The molecule has 7 nitrogen and oxygen atoms in total. The fourth-order valence-electron chi connectivity index (χ4n) is 1.20. The van der Waals surface area contributed by atoms with Crippen molar-refractivity contribution < 1.29 is 32.0 Å². The van der Waals surface area contributed by atoms with Gasteiger partial charge >= 0.3 is 11.9 Å². The van der Waals surface area contributed by atoms with Gasteiger partial charge in [-0.05, 0) is 18.2 Å². The van der Waals surface area contributed by atoms with E-state index in [9.17, 15) is 18.0 Å². The first-order valence-electron chi connectivity index (χ1n) is 4.59. The van der Waals surface area contributed by atoms with Crippen molar-refractivity contribution in [3.05, 3.63) is 29.3 Å². The Hall–Kier alpha value is -1.93. The lowest BCUT2D eigenvalue weighted by molar-refractivity contribution is 0.0600. The van der Waals surface area contributed by atoms with Crippen molar-refractivity contribution in [1.29, 1.82) is 0 Å². The molecular formula is C10H10O7S. The van der Waals surface area contributed by atoms with E-state index in [1.807, 2.05) is 0 Å². The second-order valence-corrected chi connectivity index (χ2v) is 4.88. The van der Waals surface area contributed by atoms with Crippen LogP contribution in [0.25, 0.3) is 0 Å². The van der Waals surface area contributed by atoms with Crippen molar-refractivity contribution in [1.82, 2.24) is 0 Å². The van der Waals surface area contributed by atoms with Crippen LogP contribution in [0.15, 0.2) is 23.1 Å². The maximum absolute atomic E-state index is 11.5. The third kappa shape index (κ3) is 2.84. The molecule has 0 heterocycles. The van der Waals surface area contributed by atoms with E-state index in [1.54, 1.807) is 0 Å². The monoisotopic (exact) mass is 274 g/mol. The molecule has 0 amide bonds. The number of carboxylic acid groups (broad SMARTS) is 1. The SMILES string of the molecule is COC(=O)c1cc(C(=O)O)cc(S(=O)(=O)OC)c1. The van der Waals surface area contributed by atoms with Crippen LogP contribution in [0.2, 0.25) is 0 Å². The molecule has 0 radical (unpaired) electrons. The largest absolute Gasteiger partial charge is 0.478 e. The molecule has 0 aromatic heterocycles. The van der Waals surface area contributed by atoms with E-state index in [0.717, 1.165) is 32.4 Å². The topological polar surface area (TPSA) is 107 Å². The van der Waals surface area contributed by atoms with Gasteiger partial charge in [-0.15, -0.1) is 0 Å². The molecule has 0 spiro atoms. The van der Waals surface area contributed by atoms with Gasteiger partial charge in [0.05, 0.1) is 30.2 Å². The van der Waals surface area contributed by atoms with Crippen LogP contribution in [0, 0.1) is 0 Å². The van der Waals surface area contributed by atoms with E-state index in [-0.39, 0.29) is 11.1 Å². The summed E-state index contributed by atoms with van der Waals surface area (Å²) in [5, 5.41) is 8.84. The molecule has 98 valence electrons. The van der Waals surface area contributed by atoms with Crippen LogP contribution in [0.3, 0.4) is 0 Å². The molecule has 0 aliphatic carbocycles. The summed E-state index contributed by atoms with van der Waals surface area (Å²) in [6.45, 7) is 0. The normalized spacial score (nSPS) is 11.0. The van der Waals surface area contributed by atoms with Crippen molar-refractivity contribution in [2.24, 2.45) is 0 Å². The van der Waals surface area contributed by atoms with E-state index in [0.29, 0.717) is 0 Å². The number of carbonyl (C=O) groups is 2. The summed E-state index contributed by atoms with van der Waals surface area (Å²) in [5.41, 5.74) is -0.540. The summed E-state index contributed by atoms with van der Waals surface area (Å²) in [7, 11) is -2.06. The highest BCUT2D eigenvalue weighted by Gasteiger charge is 2.20. The molecule has 1 aromatic rings. The molecule has 0 saturated carbocycles. The number of benzene rings is 1. The van der Waals surface area contributed by atoms with Crippen LogP contribution in [0.4, 0.5) is 0 Å². The van der Waals surface area contributed by atoms with E-state index in [1.165, 1.54) is 0 Å². The maximum atomic E-state index is 11.5. The Morgan fingerprint density at radius 3 is 2.11 bits per heavy atom. The Labute approximate surface area is 103 Å². The lowest BCUT2D eigenvalue weighted by atomic mass is 10.1. The summed E-state index contributed by atoms with van der Waals surface area (Å²) in [5.74, 6) is -2.21. The molecule has 8 heteroatoms. The smallest absolute Gasteiger partial charge is 0.337 e. The van der Waals surface area contributed by atoms with Crippen molar-refractivity contribution in [3.8, 4) is 0 Å². The van der Waals surface area contributed by atoms with E-state index in [4.69, 9.17) is 5.11 Å². The van der Waals surface area contributed by atoms with E-state index >= 15 is 0 Å². The number of methoxy groups -OCH3 is 1. The quantitative estimate of drug-likeness (QED) is 0.629. The summed E-state index contributed by atoms with van der Waals surface area (Å²) in [6.07, 6.45) is 0. The minimum absolute atomic E-state index is 0.187. The highest BCUT2D eigenvalue weighted by Crippen LogP contribution is 2.18. The maximum Gasteiger partial charge on any atom is 0.337 e. The second kappa shape index (κ2) is 5.15. The van der Waals surface area contributed by atoms with E-state index < -0.39 is 27.0 Å².